The lowest BCUT2D eigenvalue weighted by atomic mass is 10.4. The number of rotatable bonds is 2. The highest BCUT2D eigenvalue weighted by Crippen LogP contribution is 1.91. The zero-order valence-electron chi connectivity index (χ0n) is 7.33. The summed E-state index contributed by atoms with van der Waals surface area (Å²) in [6.07, 6.45) is 0.278. The number of H-pyrrole nitrogens is 2. The standard InChI is InChI=1S/C7H8N2O5/c1-13-7(12)14-3-4-2-8-6(11)9-5(4)10/h2H,3H2,1H3,(H2,8,9,10,11). The van der Waals surface area contributed by atoms with Gasteiger partial charge in [0, 0.05) is 6.20 Å². The van der Waals surface area contributed by atoms with Crippen LogP contribution in [0, 0.1) is 0 Å². The van der Waals surface area contributed by atoms with Gasteiger partial charge in [0.25, 0.3) is 5.56 Å². The summed E-state index contributed by atoms with van der Waals surface area (Å²) in [6.45, 7) is -0.251. The van der Waals surface area contributed by atoms with Gasteiger partial charge in [0.15, 0.2) is 0 Å². The number of hydrogen-bond donors (Lipinski definition) is 2. The highest BCUT2D eigenvalue weighted by molar-refractivity contribution is 5.59. The topological polar surface area (TPSA) is 101 Å². The van der Waals surface area contributed by atoms with Crippen molar-refractivity contribution >= 4 is 6.16 Å². The molecule has 0 amide bonds. The highest BCUT2D eigenvalue weighted by Gasteiger charge is 2.04. The molecule has 7 nitrogen and oxygen atoms in total. The monoisotopic (exact) mass is 200 g/mol. The van der Waals surface area contributed by atoms with Crippen LogP contribution in [0.15, 0.2) is 15.8 Å². The highest BCUT2D eigenvalue weighted by atomic mass is 16.7. The summed E-state index contributed by atoms with van der Waals surface area (Å²) >= 11 is 0. The minimum Gasteiger partial charge on any atom is -0.438 e. The fourth-order valence-electron chi connectivity index (χ4n) is 0.741. The molecule has 0 spiro atoms. The van der Waals surface area contributed by atoms with Crippen molar-refractivity contribution in [2.24, 2.45) is 0 Å². The first-order valence-corrected chi connectivity index (χ1v) is 3.65. The van der Waals surface area contributed by atoms with E-state index in [1.165, 1.54) is 6.20 Å². The van der Waals surface area contributed by atoms with Gasteiger partial charge in [-0.25, -0.2) is 9.59 Å². The lowest BCUT2D eigenvalue weighted by molar-refractivity contribution is 0.0665. The van der Waals surface area contributed by atoms with Crippen molar-refractivity contribution in [3.63, 3.8) is 0 Å². The summed E-state index contributed by atoms with van der Waals surface area (Å²) in [6, 6.07) is 0. The number of aromatic amines is 2. The average Bonchev–Trinajstić information content (AvgIpc) is 2.16. The molecule has 1 aromatic rings. The van der Waals surface area contributed by atoms with Crippen LogP contribution < -0.4 is 11.2 Å². The van der Waals surface area contributed by atoms with E-state index in [9.17, 15) is 14.4 Å². The largest absolute Gasteiger partial charge is 0.508 e. The number of hydrogen-bond acceptors (Lipinski definition) is 5. The number of carbonyl (C=O) groups excluding carboxylic acids is 1. The Morgan fingerprint density at radius 3 is 2.79 bits per heavy atom. The van der Waals surface area contributed by atoms with E-state index in [1.54, 1.807) is 0 Å². The van der Waals surface area contributed by atoms with Gasteiger partial charge in [0.1, 0.15) is 6.61 Å². The van der Waals surface area contributed by atoms with Crippen LogP contribution in [-0.4, -0.2) is 23.2 Å². The molecule has 0 aliphatic carbocycles. The number of aromatic nitrogens is 2. The Labute approximate surface area is 77.7 Å². The van der Waals surface area contributed by atoms with Gasteiger partial charge in [-0.2, -0.15) is 0 Å². The summed E-state index contributed by atoms with van der Waals surface area (Å²) in [5.74, 6) is 0. The molecule has 0 bridgehead atoms. The van der Waals surface area contributed by atoms with Gasteiger partial charge < -0.3 is 14.5 Å². The fraction of sp³-hybridized carbons (Fsp3) is 0.286. The van der Waals surface area contributed by atoms with E-state index < -0.39 is 17.4 Å². The van der Waals surface area contributed by atoms with Crippen LogP contribution in [-0.2, 0) is 16.1 Å². The maximum absolute atomic E-state index is 11.0. The second-order valence-electron chi connectivity index (χ2n) is 2.34. The number of methoxy groups -OCH3 is 1. The zero-order chi connectivity index (χ0) is 10.6. The molecular weight excluding hydrogens is 192 g/mol. The number of carbonyl (C=O) groups is 1. The lowest BCUT2D eigenvalue weighted by Gasteiger charge is -2.00. The lowest BCUT2D eigenvalue weighted by Crippen LogP contribution is -2.25. The van der Waals surface area contributed by atoms with Gasteiger partial charge in [-0.3, -0.25) is 9.78 Å². The van der Waals surface area contributed by atoms with Gasteiger partial charge >= 0.3 is 11.8 Å². The summed E-state index contributed by atoms with van der Waals surface area (Å²) in [5, 5.41) is 0. The van der Waals surface area contributed by atoms with E-state index in [1.807, 2.05) is 4.98 Å². The molecule has 0 radical (unpaired) electrons. The van der Waals surface area contributed by atoms with Crippen molar-refractivity contribution in [3.05, 3.63) is 32.6 Å². The zero-order valence-corrected chi connectivity index (χ0v) is 7.33. The van der Waals surface area contributed by atoms with Gasteiger partial charge in [-0.05, 0) is 0 Å². The smallest absolute Gasteiger partial charge is 0.438 e. The Kier molecular flexibility index (Phi) is 3.05. The maximum Gasteiger partial charge on any atom is 0.508 e. The third-order valence-corrected chi connectivity index (χ3v) is 1.41. The molecular formula is C7H8N2O5. The normalized spacial score (nSPS) is 9.50. The molecule has 0 unspecified atom stereocenters. The van der Waals surface area contributed by atoms with Crippen molar-refractivity contribution in [1.82, 2.24) is 9.97 Å². The average molecular weight is 200 g/mol. The maximum atomic E-state index is 11.0. The first kappa shape index (κ1) is 10.0. The Morgan fingerprint density at radius 2 is 2.21 bits per heavy atom. The van der Waals surface area contributed by atoms with Crippen LogP contribution in [0.2, 0.25) is 0 Å². The second kappa shape index (κ2) is 4.26. The van der Waals surface area contributed by atoms with Crippen molar-refractivity contribution in [2.45, 2.75) is 6.61 Å². The molecule has 0 saturated heterocycles. The van der Waals surface area contributed by atoms with Crippen molar-refractivity contribution in [3.8, 4) is 0 Å². The van der Waals surface area contributed by atoms with E-state index >= 15 is 0 Å². The third-order valence-electron chi connectivity index (χ3n) is 1.41. The predicted octanol–water partition coefficient (Wildman–Crippen LogP) is -0.654. The molecule has 14 heavy (non-hydrogen) atoms. The fourth-order valence-corrected chi connectivity index (χ4v) is 0.741. The van der Waals surface area contributed by atoms with Crippen LogP contribution in [0.25, 0.3) is 0 Å². The van der Waals surface area contributed by atoms with E-state index in [0.29, 0.717) is 0 Å². The van der Waals surface area contributed by atoms with Crippen molar-refractivity contribution in [1.29, 1.82) is 0 Å². The first-order chi connectivity index (χ1) is 6.63. The molecule has 0 aromatic carbocycles. The number of ether oxygens (including phenoxy) is 2. The van der Waals surface area contributed by atoms with Crippen molar-refractivity contribution in [2.75, 3.05) is 7.11 Å². The second-order valence-corrected chi connectivity index (χ2v) is 2.34. The summed E-state index contributed by atoms with van der Waals surface area (Å²) < 4.78 is 8.68. The molecule has 7 heteroatoms. The van der Waals surface area contributed by atoms with Crippen molar-refractivity contribution < 1.29 is 14.3 Å². The van der Waals surface area contributed by atoms with Gasteiger partial charge in [0.05, 0.1) is 12.7 Å². The predicted molar refractivity (Wildman–Crippen MR) is 44.9 cm³/mol. The molecule has 2 N–H and O–H groups in total. The quantitative estimate of drug-likeness (QED) is 0.617. The van der Waals surface area contributed by atoms with Crippen LogP contribution in [0.5, 0.6) is 0 Å². The molecule has 0 saturated carbocycles. The molecule has 1 aromatic heterocycles. The van der Waals surface area contributed by atoms with Gasteiger partial charge in [0.2, 0.25) is 0 Å². The minimum atomic E-state index is -0.893. The molecule has 0 aliphatic rings. The van der Waals surface area contributed by atoms with E-state index in [4.69, 9.17) is 0 Å². The SMILES string of the molecule is COC(=O)OCc1c[nH]c(=O)[nH]c1=O. The van der Waals surface area contributed by atoms with E-state index in [-0.39, 0.29) is 12.2 Å². The van der Waals surface area contributed by atoms with Gasteiger partial charge in [-0.1, -0.05) is 0 Å². The van der Waals surface area contributed by atoms with E-state index in [0.717, 1.165) is 7.11 Å². The van der Waals surface area contributed by atoms with E-state index in [2.05, 4.69) is 14.5 Å². The number of nitrogens with one attached hydrogen (secondary N) is 2. The van der Waals surface area contributed by atoms with Crippen LogP contribution in [0.4, 0.5) is 4.79 Å². The van der Waals surface area contributed by atoms with Crippen LogP contribution >= 0.6 is 0 Å². The summed E-state index contributed by atoms with van der Waals surface area (Å²) in [4.78, 5) is 36.4. The Bertz CT molecular complexity index is 432. The molecule has 1 heterocycles. The van der Waals surface area contributed by atoms with Crippen LogP contribution in [0.3, 0.4) is 0 Å². The summed E-state index contributed by atoms with van der Waals surface area (Å²) in [5.41, 5.74) is -1.08. The van der Waals surface area contributed by atoms with Crippen LogP contribution in [0.1, 0.15) is 5.56 Å². The molecule has 0 aliphatic heterocycles. The van der Waals surface area contributed by atoms with Gasteiger partial charge in [-0.15, -0.1) is 0 Å². The molecule has 1 rings (SSSR count). The Morgan fingerprint density at radius 1 is 1.50 bits per heavy atom. The Hall–Kier alpha value is -2.05. The molecule has 0 fully saturated rings. The minimum absolute atomic E-state index is 0.134. The Balaban J connectivity index is 2.73. The first-order valence-electron chi connectivity index (χ1n) is 3.65. The third kappa shape index (κ3) is 2.47. The summed E-state index contributed by atoms with van der Waals surface area (Å²) in [7, 11) is 1.15. The molecule has 0 atom stereocenters. The molecule has 76 valence electrons.